The van der Waals surface area contributed by atoms with Crippen molar-refractivity contribution in [1.29, 1.82) is 0 Å². The Bertz CT molecular complexity index is 1270. The Kier molecular flexibility index (Phi) is 9.55. The Labute approximate surface area is 245 Å². The summed E-state index contributed by atoms with van der Waals surface area (Å²) in [7, 11) is 0. The van der Waals surface area contributed by atoms with Gasteiger partial charge in [-0.25, -0.2) is 0 Å². The van der Waals surface area contributed by atoms with Crippen molar-refractivity contribution in [3.63, 3.8) is 0 Å². The van der Waals surface area contributed by atoms with E-state index in [2.05, 4.69) is 15.1 Å². The topological polar surface area (TPSA) is 70.9 Å². The molecule has 2 aromatic carbocycles. The molecule has 14 heteroatoms. The summed E-state index contributed by atoms with van der Waals surface area (Å²) in [5.74, 6) is 0. The largest absolute Gasteiger partial charge is 0.423 e. The summed E-state index contributed by atoms with van der Waals surface area (Å²) in [5, 5.41) is 14.0. The molecule has 1 saturated carbocycles. The Morgan fingerprint density at radius 2 is 1.62 bits per heavy atom. The predicted octanol–water partition coefficient (Wildman–Crippen LogP) is 7.30. The molecule has 1 saturated heterocycles. The van der Waals surface area contributed by atoms with Gasteiger partial charge in [-0.3, -0.25) is 10.1 Å². The van der Waals surface area contributed by atoms with E-state index in [4.69, 9.17) is 17.0 Å². The maximum Gasteiger partial charge on any atom is 0.423 e. The third kappa shape index (κ3) is 7.63. The quantitative estimate of drug-likeness (QED) is 0.151. The molecule has 1 heterocycles. The molecule has 0 unspecified atom stereocenters. The second kappa shape index (κ2) is 12.6. The molecule has 2 aliphatic rings. The van der Waals surface area contributed by atoms with E-state index in [-0.39, 0.29) is 36.5 Å². The van der Waals surface area contributed by atoms with E-state index >= 15 is 0 Å². The van der Waals surface area contributed by atoms with Crippen LogP contribution in [0.25, 0.3) is 0 Å². The molecule has 0 aromatic heterocycles. The molecule has 42 heavy (non-hydrogen) atoms. The Morgan fingerprint density at radius 1 is 0.976 bits per heavy atom. The zero-order chi connectivity index (χ0) is 30.8. The zero-order valence-electron chi connectivity index (χ0n) is 23.0. The number of piperazine rings is 1. The Hall–Kier alpha value is -3.13. The van der Waals surface area contributed by atoms with Crippen LogP contribution in [0, 0.1) is 10.1 Å². The summed E-state index contributed by atoms with van der Waals surface area (Å²) in [6, 6.07) is 8.02. The SMILES string of the molecule is C[C@@H]1CN(C(=S)CO[C@H]2CC[C@H](Nc3ccc([N+](=O)[O-])c(C(F)(F)F)c3)CC2)[C@@H](C)CN1c1ccc(C(F)(F)F)cc1. The first-order valence-corrected chi connectivity index (χ1v) is 14.0. The van der Waals surface area contributed by atoms with Crippen LogP contribution in [0.3, 0.4) is 0 Å². The van der Waals surface area contributed by atoms with E-state index in [9.17, 15) is 36.5 Å². The van der Waals surface area contributed by atoms with Crippen molar-refractivity contribution in [2.45, 2.75) is 76.1 Å². The highest BCUT2D eigenvalue weighted by molar-refractivity contribution is 7.80. The first-order chi connectivity index (χ1) is 19.6. The number of ether oxygens (including phenoxy) is 1. The number of nitro groups is 1. The molecule has 0 spiro atoms. The molecular weight excluding hydrogens is 586 g/mol. The molecule has 0 amide bonds. The van der Waals surface area contributed by atoms with Gasteiger partial charge in [0.25, 0.3) is 5.69 Å². The van der Waals surface area contributed by atoms with E-state index in [1.54, 1.807) is 0 Å². The summed E-state index contributed by atoms with van der Waals surface area (Å²) in [4.78, 5) is 14.7. The van der Waals surface area contributed by atoms with Gasteiger partial charge in [-0.1, -0.05) is 12.2 Å². The number of nitrogens with zero attached hydrogens (tertiary/aromatic N) is 3. The lowest BCUT2D eigenvalue weighted by Gasteiger charge is -2.46. The molecule has 1 aliphatic heterocycles. The van der Waals surface area contributed by atoms with Crippen LogP contribution in [0.15, 0.2) is 42.5 Å². The highest BCUT2D eigenvalue weighted by Gasteiger charge is 2.39. The molecule has 2 fully saturated rings. The van der Waals surface area contributed by atoms with E-state index in [1.807, 2.05) is 13.8 Å². The van der Waals surface area contributed by atoms with E-state index in [0.29, 0.717) is 43.8 Å². The standard InChI is InChI=1S/C28H32F6N4O3S/c1-17-15-37(18(2)14-36(17)22-8-3-19(4-9-22)27(29,30)31)26(42)16-41-23-10-5-20(6-11-23)35-21-7-12-25(38(39)40)24(13-21)28(32,33)34/h3-4,7-9,12-13,17-18,20,23,35H,5-6,10-11,14-16H2,1-2H3/t17-,18+,20-,23-/m1/s1. The molecule has 1 aliphatic carbocycles. The lowest BCUT2D eigenvalue weighted by molar-refractivity contribution is -0.388. The summed E-state index contributed by atoms with van der Waals surface area (Å²) < 4.78 is 84.8. The van der Waals surface area contributed by atoms with Crippen LogP contribution in [-0.2, 0) is 17.1 Å². The van der Waals surface area contributed by atoms with Crippen LogP contribution in [-0.4, -0.2) is 58.7 Å². The van der Waals surface area contributed by atoms with Crippen molar-refractivity contribution in [2.24, 2.45) is 0 Å². The van der Waals surface area contributed by atoms with Gasteiger partial charge in [-0.15, -0.1) is 0 Å². The minimum absolute atomic E-state index is 0.00897. The van der Waals surface area contributed by atoms with Crippen molar-refractivity contribution in [3.8, 4) is 0 Å². The number of halogens is 6. The fourth-order valence-electron chi connectivity index (χ4n) is 5.57. The summed E-state index contributed by atoms with van der Waals surface area (Å²) in [5.41, 5.74) is -2.05. The van der Waals surface area contributed by atoms with Gasteiger partial charge in [-0.2, -0.15) is 26.3 Å². The van der Waals surface area contributed by atoms with Crippen molar-refractivity contribution < 1.29 is 36.0 Å². The van der Waals surface area contributed by atoms with Gasteiger partial charge in [0.05, 0.1) is 23.2 Å². The van der Waals surface area contributed by atoms with E-state index < -0.39 is 34.1 Å². The van der Waals surface area contributed by atoms with Gasteiger partial charge in [0.2, 0.25) is 0 Å². The van der Waals surface area contributed by atoms with Gasteiger partial charge in [-0.05, 0) is 75.9 Å². The van der Waals surface area contributed by atoms with Crippen LogP contribution in [0.1, 0.15) is 50.7 Å². The van der Waals surface area contributed by atoms with Gasteiger partial charge in [0, 0.05) is 48.7 Å². The second-order valence-electron chi connectivity index (χ2n) is 10.9. The minimum atomic E-state index is -4.84. The van der Waals surface area contributed by atoms with Crippen LogP contribution >= 0.6 is 12.2 Å². The summed E-state index contributed by atoms with van der Waals surface area (Å²) >= 11 is 5.67. The number of benzene rings is 2. The van der Waals surface area contributed by atoms with Gasteiger partial charge < -0.3 is 19.9 Å². The number of hydrogen-bond donors (Lipinski definition) is 1. The molecular formula is C28H32F6N4O3S. The number of alkyl halides is 6. The summed E-state index contributed by atoms with van der Waals surface area (Å²) in [6.07, 6.45) is -6.64. The molecule has 0 bridgehead atoms. The van der Waals surface area contributed by atoms with Gasteiger partial charge >= 0.3 is 12.4 Å². The zero-order valence-corrected chi connectivity index (χ0v) is 23.9. The second-order valence-corrected chi connectivity index (χ2v) is 11.3. The highest BCUT2D eigenvalue weighted by Crippen LogP contribution is 2.38. The van der Waals surface area contributed by atoms with Crippen molar-refractivity contribution in [2.75, 3.05) is 29.9 Å². The minimum Gasteiger partial charge on any atom is -0.382 e. The number of nitro benzene ring substituents is 1. The third-order valence-corrected chi connectivity index (χ3v) is 8.17. The number of hydrogen-bond acceptors (Lipinski definition) is 6. The lowest BCUT2D eigenvalue weighted by Crippen LogP contribution is -2.58. The maximum atomic E-state index is 13.3. The van der Waals surface area contributed by atoms with E-state index in [0.717, 1.165) is 30.0 Å². The lowest BCUT2D eigenvalue weighted by atomic mass is 9.92. The molecule has 7 nitrogen and oxygen atoms in total. The Morgan fingerprint density at radius 3 is 2.19 bits per heavy atom. The normalized spacial score (nSPS) is 23.5. The first kappa shape index (κ1) is 31.8. The average molecular weight is 619 g/mol. The monoisotopic (exact) mass is 618 g/mol. The molecule has 4 rings (SSSR count). The van der Waals surface area contributed by atoms with Crippen molar-refractivity contribution >= 4 is 34.3 Å². The van der Waals surface area contributed by atoms with Crippen LogP contribution in [0.4, 0.5) is 43.4 Å². The van der Waals surface area contributed by atoms with Crippen molar-refractivity contribution in [1.82, 2.24) is 4.90 Å². The molecule has 230 valence electrons. The van der Waals surface area contributed by atoms with Crippen molar-refractivity contribution in [3.05, 3.63) is 63.7 Å². The number of anilines is 2. The Balaban J connectivity index is 1.25. The van der Waals surface area contributed by atoms with Crippen LogP contribution in [0.5, 0.6) is 0 Å². The molecule has 1 N–H and O–H groups in total. The number of thiocarbonyl (C=S) groups is 1. The molecule has 2 aromatic rings. The highest BCUT2D eigenvalue weighted by atomic mass is 32.1. The van der Waals surface area contributed by atoms with Gasteiger partial charge in [0.1, 0.15) is 10.6 Å². The predicted molar refractivity (Wildman–Crippen MR) is 151 cm³/mol. The maximum absolute atomic E-state index is 13.3. The number of rotatable bonds is 7. The summed E-state index contributed by atoms with van der Waals surface area (Å²) in [6.45, 7) is 5.43. The van der Waals surface area contributed by atoms with Crippen LogP contribution in [0.2, 0.25) is 0 Å². The third-order valence-electron chi connectivity index (χ3n) is 7.82. The first-order valence-electron chi connectivity index (χ1n) is 13.6. The van der Waals surface area contributed by atoms with Gasteiger partial charge in [0.15, 0.2) is 0 Å². The number of nitrogens with one attached hydrogen (secondary N) is 1. The fourth-order valence-corrected chi connectivity index (χ4v) is 5.89. The van der Waals surface area contributed by atoms with E-state index in [1.165, 1.54) is 18.2 Å². The van der Waals surface area contributed by atoms with Crippen LogP contribution < -0.4 is 10.2 Å². The molecule has 0 radical (unpaired) electrons. The molecule has 2 atom stereocenters. The smallest absolute Gasteiger partial charge is 0.382 e. The average Bonchev–Trinajstić information content (AvgIpc) is 2.92. The fraction of sp³-hybridized carbons (Fsp3) is 0.536.